The van der Waals surface area contributed by atoms with E-state index in [4.69, 9.17) is 9.72 Å². The van der Waals surface area contributed by atoms with Crippen LogP contribution in [0.4, 0.5) is 11.4 Å². The molecule has 0 atom stereocenters. The van der Waals surface area contributed by atoms with E-state index in [1.807, 2.05) is 37.3 Å². The van der Waals surface area contributed by atoms with Crippen molar-refractivity contribution in [2.24, 2.45) is 0 Å². The predicted molar refractivity (Wildman–Crippen MR) is 128 cm³/mol. The fourth-order valence-electron chi connectivity index (χ4n) is 3.41. The Morgan fingerprint density at radius 2 is 1.84 bits per heavy atom. The van der Waals surface area contributed by atoms with E-state index in [2.05, 4.69) is 39.5 Å². The SMILES string of the molecule is C/C=C/C(=O)Nc1ccc(Sc2ccnc(Cc3ccc(N4CCOCC4)cc3)n2)cc1. The van der Waals surface area contributed by atoms with Crippen LogP contribution in [0.1, 0.15) is 18.3 Å². The van der Waals surface area contributed by atoms with Gasteiger partial charge in [0.25, 0.3) is 0 Å². The first-order valence-corrected chi connectivity index (χ1v) is 11.5. The topological polar surface area (TPSA) is 67.4 Å². The number of carbonyl (C=O) groups is 1. The number of nitrogens with zero attached hydrogens (tertiary/aromatic N) is 3. The Morgan fingerprint density at radius 1 is 1.09 bits per heavy atom. The number of anilines is 2. The summed E-state index contributed by atoms with van der Waals surface area (Å²) >= 11 is 1.58. The molecule has 0 spiro atoms. The van der Waals surface area contributed by atoms with Crippen molar-refractivity contribution in [1.29, 1.82) is 0 Å². The Labute approximate surface area is 192 Å². The van der Waals surface area contributed by atoms with Gasteiger partial charge in [-0.05, 0) is 61.0 Å². The largest absolute Gasteiger partial charge is 0.378 e. The van der Waals surface area contributed by atoms with Gasteiger partial charge in [0.05, 0.1) is 13.2 Å². The number of allylic oxidation sites excluding steroid dienone is 1. The fourth-order valence-corrected chi connectivity index (χ4v) is 4.21. The molecule has 1 aliphatic heterocycles. The van der Waals surface area contributed by atoms with Crippen molar-refractivity contribution in [3.05, 3.63) is 84.3 Å². The van der Waals surface area contributed by atoms with Crippen LogP contribution in [-0.4, -0.2) is 42.2 Å². The molecule has 164 valence electrons. The lowest BCUT2D eigenvalue weighted by molar-refractivity contribution is -0.111. The lowest BCUT2D eigenvalue weighted by Gasteiger charge is -2.28. The quantitative estimate of drug-likeness (QED) is 0.424. The van der Waals surface area contributed by atoms with Crippen LogP contribution in [0.2, 0.25) is 0 Å². The van der Waals surface area contributed by atoms with E-state index in [0.717, 1.165) is 47.7 Å². The van der Waals surface area contributed by atoms with E-state index in [-0.39, 0.29) is 5.91 Å². The summed E-state index contributed by atoms with van der Waals surface area (Å²) in [4.78, 5) is 24.2. The Morgan fingerprint density at radius 3 is 2.56 bits per heavy atom. The summed E-state index contributed by atoms with van der Waals surface area (Å²) in [6.45, 7) is 5.26. The second-order valence-corrected chi connectivity index (χ2v) is 8.46. The average Bonchev–Trinajstić information content (AvgIpc) is 2.82. The molecule has 0 unspecified atom stereocenters. The maximum absolute atomic E-state index is 11.6. The summed E-state index contributed by atoms with van der Waals surface area (Å²) in [6.07, 6.45) is 5.71. The van der Waals surface area contributed by atoms with Crippen molar-refractivity contribution in [2.45, 2.75) is 23.3 Å². The number of carbonyl (C=O) groups excluding carboxylic acids is 1. The number of hydrogen-bond acceptors (Lipinski definition) is 6. The third-order valence-electron chi connectivity index (χ3n) is 5.02. The van der Waals surface area contributed by atoms with Gasteiger partial charge in [-0.3, -0.25) is 4.79 Å². The highest BCUT2D eigenvalue weighted by molar-refractivity contribution is 7.99. The third-order valence-corrected chi connectivity index (χ3v) is 5.96. The zero-order valence-electron chi connectivity index (χ0n) is 18.0. The molecule has 1 saturated heterocycles. The minimum atomic E-state index is -0.133. The Kier molecular flexibility index (Phi) is 7.53. The lowest BCUT2D eigenvalue weighted by atomic mass is 10.1. The molecule has 32 heavy (non-hydrogen) atoms. The molecule has 1 N–H and O–H groups in total. The predicted octanol–water partition coefficient (Wildman–Crippen LogP) is 4.57. The molecule has 0 radical (unpaired) electrons. The van der Waals surface area contributed by atoms with Crippen LogP contribution < -0.4 is 10.2 Å². The zero-order valence-corrected chi connectivity index (χ0v) is 18.8. The highest BCUT2D eigenvalue weighted by Gasteiger charge is 2.11. The highest BCUT2D eigenvalue weighted by Crippen LogP contribution is 2.27. The first-order chi connectivity index (χ1) is 15.7. The van der Waals surface area contributed by atoms with Crippen molar-refractivity contribution in [1.82, 2.24) is 9.97 Å². The van der Waals surface area contributed by atoms with Crippen LogP contribution in [0.25, 0.3) is 0 Å². The van der Waals surface area contributed by atoms with Crippen LogP contribution in [0.3, 0.4) is 0 Å². The van der Waals surface area contributed by atoms with Gasteiger partial charge in [0.2, 0.25) is 5.91 Å². The first-order valence-electron chi connectivity index (χ1n) is 10.6. The third kappa shape index (κ3) is 6.18. The minimum absolute atomic E-state index is 0.133. The van der Waals surface area contributed by atoms with Gasteiger partial charge in [-0.25, -0.2) is 9.97 Å². The van der Waals surface area contributed by atoms with Gasteiger partial charge in [-0.15, -0.1) is 0 Å². The number of rotatable bonds is 7. The number of aromatic nitrogens is 2. The van der Waals surface area contributed by atoms with E-state index in [1.165, 1.54) is 17.3 Å². The molecule has 6 nitrogen and oxygen atoms in total. The molecule has 0 saturated carbocycles. The van der Waals surface area contributed by atoms with Gasteiger partial charge < -0.3 is 15.0 Å². The molecule has 4 rings (SSSR count). The molecule has 1 fully saturated rings. The normalized spacial score (nSPS) is 14.0. The van der Waals surface area contributed by atoms with Crippen molar-refractivity contribution >= 4 is 29.0 Å². The fraction of sp³-hybridized carbons (Fsp3) is 0.240. The highest BCUT2D eigenvalue weighted by atomic mass is 32.2. The molecule has 1 amide bonds. The van der Waals surface area contributed by atoms with Crippen molar-refractivity contribution in [2.75, 3.05) is 36.5 Å². The molecule has 0 aliphatic carbocycles. The van der Waals surface area contributed by atoms with Gasteiger partial charge in [0.15, 0.2) is 0 Å². The molecule has 0 bridgehead atoms. The molecular formula is C25H26N4O2S. The van der Waals surface area contributed by atoms with E-state index in [1.54, 1.807) is 24.0 Å². The van der Waals surface area contributed by atoms with Crippen LogP contribution in [-0.2, 0) is 16.0 Å². The van der Waals surface area contributed by atoms with Crippen molar-refractivity contribution in [3.8, 4) is 0 Å². The molecule has 1 aliphatic rings. The van der Waals surface area contributed by atoms with E-state index < -0.39 is 0 Å². The summed E-state index contributed by atoms with van der Waals surface area (Å²) in [5.41, 5.74) is 3.18. The Hall–Kier alpha value is -3.16. The van der Waals surface area contributed by atoms with Crippen LogP contribution in [0, 0.1) is 0 Å². The van der Waals surface area contributed by atoms with E-state index in [9.17, 15) is 4.79 Å². The summed E-state index contributed by atoms with van der Waals surface area (Å²) in [5.74, 6) is 0.663. The van der Waals surface area contributed by atoms with Gasteiger partial charge in [-0.1, -0.05) is 30.0 Å². The average molecular weight is 447 g/mol. The van der Waals surface area contributed by atoms with Crippen molar-refractivity contribution in [3.63, 3.8) is 0 Å². The summed E-state index contributed by atoms with van der Waals surface area (Å²) < 4.78 is 5.43. The number of ether oxygens (including phenoxy) is 1. The maximum atomic E-state index is 11.6. The van der Waals surface area contributed by atoms with E-state index >= 15 is 0 Å². The second kappa shape index (κ2) is 10.9. The molecule has 2 heterocycles. The lowest BCUT2D eigenvalue weighted by Crippen LogP contribution is -2.36. The number of nitrogens with one attached hydrogen (secondary N) is 1. The minimum Gasteiger partial charge on any atom is -0.378 e. The summed E-state index contributed by atoms with van der Waals surface area (Å²) in [5, 5.41) is 3.72. The van der Waals surface area contributed by atoms with Gasteiger partial charge in [0.1, 0.15) is 10.9 Å². The summed E-state index contributed by atoms with van der Waals surface area (Å²) in [6, 6.07) is 18.3. The number of amides is 1. The van der Waals surface area contributed by atoms with Gasteiger partial charge in [-0.2, -0.15) is 0 Å². The molecule has 2 aromatic carbocycles. The monoisotopic (exact) mass is 446 g/mol. The number of hydrogen-bond donors (Lipinski definition) is 1. The zero-order chi connectivity index (χ0) is 22.2. The first kappa shape index (κ1) is 22.0. The van der Waals surface area contributed by atoms with Crippen LogP contribution >= 0.6 is 11.8 Å². The smallest absolute Gasteiger partial charge is 0.248 e. The molecule has 7 heteroatoms. The standard InChI is InChI=1S/C25H26N4O2S/c1-2-3-24(30)27-20-6-10-22(11-7-20)32-25-12-13-26-23(28-25)18-19-4-8-21(9-5-19)29-14-16-31-17-15-29/h2-13H,14-18H2,1H3,(H,27,30)/b3-2+. The van der Waals surface area contributed by atoms with Crippen LogP contribution in [0.15, 0.2) is 82.9 Å². The molecular weight excluding hydrogens is 420 g/mol. The molecule has 1 aromatic heterocycles. The number of benzene rings is 2. The molecule has 3 aromatic rings. The second-order valence-electron chi connectivity index (χ2n) is 7.37. The Bertz CT molecular complexity index is 1060. The van der Waals surface area contributed by atoms with Crippen LogP contribution in [0.5, 0.6) is 0 Å². The summed E-state index contributed by atoms with van der Waals surface area (Å²) in [7, 11) is 0. The number of morpholine rings is 1. The van der Waals surface area contributed by atoms with Gasteiger partial charge in [0, 0.05) is 42.0 Å². The van der Waals surface area contributed by atoms with E-state index in [0.29, 0.717) is 6.42 Å². The van der Waals surface area contributed by atoms with Crippen molar-refractivity contribution < 1.29 is 9.53 Å². The van der Waals surface area contributed by atoms with Gasteiger partial charge >= 0.3 is 0 Å². The maximum Gasteiger partial charge on any atom is 0.248 e. The Balaban J connectivity index is 1.36.